The molecule has 0 bridgehead atoms. The summed E-state index contributed by atoms with van der Waals surface area (Å²) in [5.74, 6) is -0.495. The zero-order chi connectivity index (χ0) is 23.3. The number of thiophene rings is 2. The maximum absolute atomic E-state index is 12.2. The van der Waals surface area contributed by atoms with Gasteiger partial charge < -0.3 is 22.1 Å². The molecule has 2 heterocycles. The molecule has 0 aromatic carbocycles. The highest BCUT2D eigenvalue weighted by Gasteiger charge is 2.20. The van der Waals surface area contributed by atoms with Crippen molar-refractivity contribution in [2.24, 2.45) is 11.5 Å². The van der Waals surface area contributed by atoms with Crippen LogP contribution in [0.1, 0.15) is 54.4 Å². The van der Waals surface area contributed by atoms with E-state index in [2.05, 4.69) is 10.6 Å². The van der Waals surface area contributed by atoms with Crippen LogP contribution in [0.5, 0.6) is 0 Å². The summed E-state index contributed by atoms with van der Waals surface area (Å²) in [4.78, 5) is 49.5. The van der Waals surface area contributed by atoms with Crippen LogP contribution in [0, 0.1) is 27.7 Å². The van der Waals surface area contributed by atoms with E-state index in [-0.39, 0.29) is 24.7 Å². The summed E-state index contributed by atoms with van der Waals surface area (Å²) in [6, 6.07) is 0. The number of carbonyl (C=O) groups is 4. The largest absolute Gasteiger partial charge is 0.365 e. The average molecular weight is 483 g/mol. The van der Waals surface area contributed by atoms with Crippen molar-refractivity contribution < 1.29 is 19.2 Å². The van der Waals surface area contributed by atoms with Gasteiger partial charge in [-0.25, -0.2) is 0 Å². The summed E-state index contributed by atoms with van der Waals surface area (Å²) in [6.07, 6.45) is 0.491. The van der Waals surface area contributed by atoms with Gasteiger partial charge in [-0.3, -0.25) is 19.2 Å². The van der Waals surface area contributed by atoms with E-state index in [0.29, 0.717) is 32.6 Å². The van der Waals surface area contributed by atoms with Gasteiger partial charge in [0.25, 0.3) is 11.8 Å². The van der Waals surface area contributed by atoms with E-state index in [4.69, 9.17) is 11.5 Å². The molecule has 2 aromatic heterocycles. The molecule has 0 unspecified atom stereocenters. The fraction of sp³-hybridized carbons (Fsp3) is 0.400. The van der Waals surface area contributed by atoms with Crippen LogP contribution in [0.25, 0.3) is 0 Å². The predicted octanol–water partition coefficient (Wildman–Crippen LogP) is 3.33. The van der Waals surface area contributed by atoms with Crippen molar-refractivity contribution >= 4 is 68.1 Å². The standard InChI is InChI=1S/C20H26N4O4S3/c1-9-11(3)30-19(15(9)17(21)27)23-13(25)5-7-29-8-6-14(26)24-20-16(18(22)28)10(2)12(4)31-20/h5-8H2,1-4H3,(H2,21,27)(H2,22,28)(H,23,25)(H,24,26). The Morgan fingerprint density at radius 2 is 1.10 bits per heavy atom. The molecular formula is C20H26N4O4S3. The minimum atomic E-state index is -0.562. The second-order valence-corrected chi connectivity index (χ2v) is 10.6. The molecule has 0 radical (unpaired) electrons. The Hall–Kier alpha value is -2.37. The van der Waals surface area contributed by atoms with E-state index in [1.54, 1.807) is 13.8 Å². The lowest BCUT2D eigenvalue weighted by molar-refractivity contribution is -0.116. The quantitative estimate of drug-likeness (QED) is 0.384. The summed E-state index contributed by atoms with van der Waals surface area (Å²) in [7, 11) is 0. The van der Waals surface area contributed by atoms with Gasteiger partial charge in [-0.1, -0.05) is 0 Å². The highest BCUT2D eigenvalue weighted by Crippen LogP contribution is 2.33. The topological polar surface area (TPSA) is 144 Å². The van der Waals surface area contributed by atoms with Crippen LogP contribution in [0.2, 0.25) is 0 Å². The molecule has 0 saturated heterocycles. The smallest absolute Gasteiger partial charge is 0.251 e. The van der Waals surface area contributed by atoms with Crippen LogP contribution in [-0.4, -0.2) is 35.1 Å². The number of aryl methyl sites for hydroxylation is 2. The third-order valence-corrected chi connectivity index (χ3v) is 7.95. The molecule has 8 nitrogen and oxygen atoms in total. The summed E-state index contributed by atoms with van der Waals surface area (Å²) < 4.78 is 0. The fourth-order valence-electron chi connectivity index (χ4n) is 2.83. The number of nitrogens with one attached hydrogen (secondary N) is 2. The number of hydrogen-bond acceptors (Lipinski definition) is 7. The molecule has 0 atom stereocenters. The lowest BCUT2D eigenvalue weighted by Gasteiger charge is -2.06. The monoisotopic (exact) mass is 482 g/mol. The SMILES string of the molecule is Cc1sc(NC(=O)CCSCCC(=O)Nc2sc(C)c(C)c2C(N)=O)c(C(N)=O)c1C. The number of nitrogens with two attached hydrogens (primary N) is 2. The summed E-state index contributed by atoms with van der Waals surface area (Å²) in [5.41, 5.74) is 13.1. The first-order valence-electron chi connectivity index (χ1n) is 9.49. The Labute approximate surface area is 193 Å². The minimum absolute atomic E-state index is 0.212. The molecule has 31 heavy (non-hydrogen) atoms. The van der Waals surface area contributed by atoms with Crippen molar-refractivity contribution in [1.82, 2.24) is 0 Å². The van der Waals surface area contributed by atoms with Crippen LogP contribution in [0.15, 0.2) is 0 Å². The molecule has 0 saturated carbocycles. The van der Waals surface area contributed by atoms with Crippen LogP contribution in [-0.2, 0) is 9.59 Å². The average Bonchev–Trinajstić information content (AvgIpc) is 3.09. The van der Waals surface area contributed by atoms with E-state index in [0.717, 1.165) is 20.9 Å². The Morgan fingerprint density at radius 1 is 0.742 bits per heavy atom. The number of rotatable bonds is 10. The van der Waals surface area contributed by atoms with Crippen molar-refractivity contribution in [3.8, 4) is 0 Å². The van der Waals surface area contributed by atoms with Gasteiger partial charge in [0.2, 0.25) is 11.8 Å². The molecule has 0 fully saturated rings. The van der Waals surface area contributed by atoms with E-state index >= 15 is 0 Å². The highest BCUT2D eigenvalue weighted by molar-refractivity contribution is 7.99. The van der Waals surface area contributed by atoms with Gasteiger partial charge >= 0.3 is 0 Å². The first-order chi connectivity index (χ1) is 14.5. The maximum Gasteiger partial charge on any atom is 0.251 e. The second-order valence-electron chi connectivity index (χ2n) is 6.91. The van der Waals surface area contributed by atoms with Gasteiger partial charge in [0.05, 0.1) is 11.1 Å². The molecule has 2 aromatic rings. The lowest BCUT2D eigenvalue weighted by atomic mass is 10.1. The fourth-order valence-corrected chi connectivity index (χ4v) is 5.86. The van der Waals surface area contributed by atoms with Crippen molar-refractivity contribution in [1.29, 1.82) is 0 Å². The van der Waals surface area contributed by atoms with Crippen LogP contribution in [0.3, 0.4) is 0 Å². The van der Waals surface area contributed by atoms with Crippen LogP contribution in [0.4, 0.5) is 10.0 Å². The van der Waals surface area contributed by atoms with E-state index in [1.165, 1.54) is 34.4 Å². The van der Waals surface area contributed by atoms with Gasteiger partial charge in [0.15, 0.2) is 0 Å². The number of carbonyl (C=O) groups excluding carboxylic acids is 4. The summed E-state index contributed by atoms with van der Waals surface area (Å²) >= 11 is 4.13. The maximum atomic E-state index is 12.2. The van der Waals surface area contributed by atoms with Crippen molar-refractivity contribution in [3.05, 3.63) is 32.0 Å². The molecule has 0 aliphatic rings. The highest BCUT2D eigenvalue weighted by atomic mass is 32.2. The normalized spacial score (nSPS) is 10.7. The zero-order valence-corrected chi connectivity index (χ0v) is 20.3. The Morgan fingerprint density at radius 3 is 1.42 bits per heavy atom. The van der Waals surface area contributed by atoms with Gasteiger partial charge in [-0.05, 0) is 38.8 Å². The van der Waals surface area contributed by atoms with E-state index in [1.807, 2.05) is 13.8 Å². The number of primary amides is 2. The van der Waals surface area contributed by atoms with Crippen molar-refractivity contribution in [3.63, 3.8) is 0 Å². The number of thioether (sulfide) groups is 1. The van der Waals surface area contributed by atoms with Crippen LogP contribution >= 0.6 is 34.4 Å². The first-order valence-corrected chi connectivity index (χ1v) is 12.3. The number of anilines is 2. The molecule has 4 amide bonds. The van der Waals surface area contributed by atoms with Crippen molar-refractivity contribution in [2.75, 3.05) is 22.1 Å². The molecule has 0 aliphatic carbocycles. The van der Waals surface area contributed by atoms with Gasteiger partial charge in [-0.15, -0.1) is 22.7 Å². The van der Waals surface area contributed by atoms with Crippen molar-refractivity contribution in [2.45, 2.75) is 40.5 Å². The molecule has 6 N–H and O–H groups in total. The minimum Gasteiger partial charge on any atom is -0.365 e. The summed E-state index contributed by atoms with van der Waals surface area (Å²) in [6.45, 7) is 7.34. The zero-order valence-electron chi connectivity index (χ0n) is 17.8. The third-order valence-electron chi connectivity index (χ3n) is 4.72. The van der Waals surface area contributed by atoms with E-state index in [9.17, 15) is 19.2 Å². The molecule has 168 valence electrons. The summed E-state index contributed by atoms with van der Waals surface area (Å²) in [5, 5.41) is 6.46. The van der Waals surface area contributed by atoms with Gasteiger partial charge in [0, 0.05) is 34.1 Å². The molecule has 0 spiro atoms. The van der Waals surface area contributed by atoms with Gasteiger partial charge in [0.1, 0.15) is 10.0 Å². The Balaban J connectivity index is 1.77. The number of amides is 4. The number of hydrogen-bond donors (Lipinski definition) is 4. The Kier molecular flexibility index (Phi) is 8.66. The Bertz CT molecular complexity index is 946. The third kappa shape index (κ3) is 6.31. The molecule has 11 heteroatoms. The predicted molar refractivity (Wildman–Crippen MR) is 128 cm³/mol. The first kappa shape index (κ1) is 24.9. The van der Waals surface area contributed by atoms with E-state index < -0.39 is 11.8 Å². The molecular weight excluding hydrogens is 456 g/mol. The van der Waals surface area contributed by atoms with Crippen LogP contribution < -0.4 is 22.1 Å². The second kappa shape index (κ2) is 10.8. The molecule has 0 aliphatic heterocycles. The molecule has 2 rings (SSSR count). The van der Waals surface area contributed by atoms with Gasteiger partial charge in [-0.2, -0.15) is 11.8 Å². The lowest BCUT2D eigenvalue weighted by Crippen LogP contribution is -2.18.